The van der Waals surface area contributed by atoms with Gasteiger partial charge in [0.1, 0.15) is 5.52 Å². The first-order valence-electron chi connectivity index (χ1n) is 12.3. The Hall–Kier alpha value is -1.42. The van der Waals surface area contributed by atoms with Crippen molar-refractivity contribution in [3.05, 3.63) is 23.8 Å². The van der Waals surface area contributed by atoms with E-state index in [1.54, 1.807) is 0 Å². The lowest BCUT2D eigenvalue weighted by Gasteiger charge is -2.22. The molecule has 4 nitrogen and oxygen atoms in total. The van der Waals surface area contributed by atoms with Crippen molar-refractivity contribution in [1.29, 1.82) is 0 Å². The van der Waals surface area contributed by atoms with Crippen LogP contribution in [0, 0.1) is 6.92 Å². The number of rotatable bonds is 17. The monoisotopic (exact) mass is 400 g/mol. The van der Waals surface area contributed by atoms with Crippen molar-refractivity contribution in [2.24, 2.45) is 0 Å². The molecule has 0 amide bonds. The molecule has 4 heteroatoms. The number of aromatic nitrogens is 3. The summed E-state index contributed by atoms with van der Waals surface area (Å²) in [6.07, 6.45) is 16.4. The van der Waals surface area contributed by atoms with Crippen LogP contribution in [0.25, 0.3) is 11.0 Å². The maximum atomic E-state index is 4.41. The van der Waals surface area contributed by atoms with Crippen LogP contribution in [0.2, 0.25) is 0 Å². The maximum absolute atomic E-state index is 4.41. The minimum atomic E-state index is 0.936. The van der Waals surface area contributed by atoms with Gasteiger partial charge in [-0.3, -0.25) is 0 Å². The average molecular weight is 401 g/mol. The normalized spacial score (nSPS) is 11.7. The van der Waals surface area contributed by atoms with Gasteiger partial charge in [-0.25, -0.2) is 4.68 Å². The van der Waals surface area contributed by atoms with Gasteiger partial charge in [0.15, 0.2) is 0 Å². The highest BCUT2D eigenvalue weighted by molar-refractivity contribution is 5.74. The Morgan fingerprint density at radius 2 is 1.34 bits per heavy atom. The van der Waals surface area contributed by atoms with Crippen molar-refractivity contribution in [1.82, 2.24) is 19.9 Å². The Morgan fingerprint density at radius 3 is 1.97 bits per heavy atom. The summed E-state index contributed by atoms with van der Waals surface area (Å²) < 4.78 is 2.10. The van der Waals surface area contributed by atoms with E-state index >= 15 is 0 Å². The van der Waals surface area contributed by atoms with Crippen LogP contribution < -0.4 is 0 Å². The van der Waals surface area contributed by atoms with E-state index in [0.29, 0.717) is 0 Å². The minimum absolute atomic E-state index is 0.936. The SMILES string of the molecule is CCCCCCCCN(CCCCCCCC)CCn1nnc2ccc(C)cc21. The lowest BCUT2D eigenvalue weighted by molar-refractivity contribution is 0.247. The van der Waals surface area contributed by atoms with Crippen LogP contribution in [0.5, 0.6) is 0 Å². The van der Waals surface area contributed by atoms with E-state index in [1.165, 1.54) is 101 Å². The van der Waals surface area contributed by atoms with Crippen molar-refractivity contribution in [2.45, 2.75) is 104 Å². The van der Waals surface area contributed by atoms with E-state index in [9.17, 15) is 0 Å². The van der Waals surface area contributed by atoms with Crippen LogP contribution in [0.3, 0.4) is 0 Å². The molecule has 0 bridgehead atoms. The van der Waals surface area contributed by atoms with E-state index in [-0.39, 0.29) is 0 Å². The first-order chi connectivity index (χ1) is 14.2. The van der Waals surface area contributed by atoms with Crippen molar-refractivity contribution in [3.8, 4) is 0 Å². The van der Waals surface area contributed by atoms with E-state index in [2.05, 4.69) is 58.9 Å². The summed E-state index contributed by atoms with van der Waals surface area (Å²) in [5, 5.41) is 8.75. The van der Waals surface area contributed by atoms with Gasteiger partial charge in [0, 0.05) is 6.54 Å². The average Bonchev–Trinajstić information content (AvgIpc) is 3.12. The van der Waals surface area contributed by atoms with Crippen LogP contribution in [-0.4, -0.2) is 39.5 Å². The third-order valence-corrected chi connectivity index (χ3v) is 5.95. The molecular formula is C25H44N4. The molecule has 0 spiro atoms. The molecular weight excluding hydrogens is 356 g/mol. The predicted molar refractivity (Wildman–Crippen MR) is 125 cm³/mol. The first-order valence-corrected chi connectivity index (χ1v) is 12.3. The number of aryl methyl sites for hydroxylation is 1. The van der Waals surface area contributed by atoms with Gasteiger partial charge in [-0.2, -0.15) is 0 Å². The fraction of sp³-hybridized carbons (Fsp3) is 0.760. The van der Waals surface area contributed by atoms with Crippen LogP contribution in [0.4, 0.5) is 0 Å². The molecule has 0 N–H and O–H groups in total. The number of hydrogen-bond donors (Lipinski definition) is 0. The molecule has 0 aliphatic heterocycles. The van der Waals surface area contributed by atoms with Gasteiger partial charge in [0.25, 0.3) is 0 Å². The molecule has 164 valence electrons. The zero-order valence-electron chi connectivity index (χ0n) is 19.3. The molecule has 2 rings (SSSR count). The predicted octanol–water partition coefficient (Wildman–Crippen LogP) is 6.76. The number of unbranched alkanes of at least 4 members (excludes halogenated alkanes) is 10. The highest BCUT2D eigenvalue weighted by Gasteiger charge is 2.09. The Bertz CT molecular complexity index is 648. The summed E-state index contributed by atoms with van der Waals surface area (Å²) in [6.45, 7) is 11.2. The maximum Gasteiger partial charge on any atom is 0.113 e. The van der Waals surface area contributed by atoms with E-state index in [1.807, 2.05) is 0 Å². The van der Waals surface area contributed by atoms with Crippen LogP contribution >= 0.6 is 0 Å². The Morgan fingerprint density at radius 1 is 0.759 bits per heavy atom. The highest BCUT2D eigenvalue weighted by Crippen LogP contribution is 2.14. The van der Waals surface area contributed by atoms with Gasteiger partial charge < -0.3 is 4.90 Å². The molecule has 0 aliphatic rings. The van der Waals surface area contributed by atoms with Crippen molar-refractivity contribution in [3.63, 3.8) is 0 Å². The van der Waals surface area contributed by atoms with E-state index < -0.39 is 0 Å². The quantitative estimate of drug-likeness (QED) is 0.275. The molecule has 0 fully saturated rings. The Balaban J connectivity index is 1.79. The van der Waals surface area contributed by atoms with Gasteiger partial charge >= 0.3 is 0 Å². The van der Waals surface area contributed by atoms with Crippen LogP contribution in [0.1, 0.15) is 96.5 Å². The second kappa shape index (κ2) is 14.5. The largest absolute Gasteiger partial charge is 0.301 e. The number of fused-ring (bicyclic) bond motifs is 1. The lowest BCUT2D eigenvalue weighted by Crippen LogP contribution is -2.30. The summed E-state index contributed by atoms with van der Waals surface area (Å²) in [5.41, 5.74) is 3.45. The van der Waals surface area contributed by atoms with Gasteiger partial charge in [-0.05, 0) is 50.6 Å². The summed E-state index contributed by atoms with van der Waals surface area (Å²) >= 11 is 0. The minimum Gasteiger partial charge on any atom is -0.301 e. The van der Waals surface area contributed by atoms with Crippen LogP contribution in [-0.2, 0) is 6.54 Å². The Labute approximate surface area is 179 Å². The number of hydrogen-bond acceptors (Lipinski definition) is 3. The molecule has 1 heterocycles. The smallest absolute Gasteiger partial charge is 0.113 e. The summed E-state index contributed by atoms with van der Waals surface area (Å²) in [7, 11) is 0. The van der Waals surface area contributed by atoms with Gasteiger partial charge in [-0.15, -0.1) is 5.10 Å². The van der Waals surface area contributed by atoms with Gasteiger partial charge in [0.2, 0.25) is 0 Å². The molecule has 0 saturated heterocycles. The number of benzene rings is 1. The fourth-order valence-corrected chi connectivity index (χ4v) is 4.04. The lowest BCUT2D eigenvalue weighted by atomic mass is 10.1. The molecule has 0 radical (unpaired) electrons. The molecule has 0 atom stereocenters. The van der Waals surface area contributed by atoms with Crippen molar-refractivity contribution >= 4 is 11.0 Å². The zero-order chi connectivity index (χ0) is 20.7. The third-order valence-electron chi connectivity index (χ3n) is 5.95. The standard InChI is InChI=1S/C25H44N4/c1-4-6-8-10-12-14-18-28(19-15-13-11-9-7-5-2)20-21-29-25-22-23(3)16-17-24(25)26-27-29/h16-17,22H,4-15,18-21H2,1-3H3. The molecule has 0 unspecified atom stereocenters. The molecule has 1 aromatic carbocycles. The molecule has 0 saturated carbocycles. The fourth-order valence-electron chi connectivity index (χ4n) is 4.04. The van der Waals surface area contributed by atoms with Crippen LogP contribution in [0.15, 0.2) is 18.2 Å². The van der Waals surface area contributed by atoms with E-state index in [4.69, 9.17) is 0 Å². The van der Waals surface area contributed by atoms with Gasteiger partial charge in [0.05, 0.1) is 12.1 Å². The van der Waals surface area contributed by atoms with Crippen molar-refractivity contribution < 1.29 is 0 Å². The molecule has 29 heavy (non-hydrogen) atoms. The van der Waals surface area contributed by atoms with E-state index in [0.717, 1.165) is 18.6 Å². The Kier molecular flexibility index (Phi) is 12.0. The first kappa shape index (κ1) is 23.9. The van der Waals surface area contributed by atoms with Crippen molar-refractivity contribution in [2.75, 3.05) is 19.6 Å². The zero-order valence-corrected chi connectivity index (χ0v) is 19.3. The summed E-state index contributed by atoms with van der Waals surface area (Å²) in [5.74, 6) is 0. The highest BCUT2D eigenvalue weighted by atomic mass is 15.4. The summed E-state index contributed by atoms with van der Waals surface area (Å²) in [6, 6.07) is 6.41. The second-order valence-electron chi connectivity index (χ2n) is 8.68. The molecule has 2 aromatic rings. The number of nitrogens with zero attached hydrogens (tertiary/aromatic N) is 4. The second-order valence-corrected chi connectivity index (χ2v) is 8.68. The summed E-state index contributed by atoms with van der Waals surface area (Å²) in [4.78, 5) is 2.67. The molecule has 1 aromatic heterocycles. The third kappa shape index (κ3) is 9.29. The molecule has 0 aliphatic carbocycles. The van der Waals surface area contributed by atoms with Gasteiger partial charge in [-0.1, -0.05) is 89.3 Å². The topological polar surface area (TPSA) is 34.0 Å².